The standard InChI is InChI=1S/C15H29N3O/c19-12-15(16-14-3-4-14)5-6-17-7-9-18(10-8-17)11-13-1-2-13/h13-16,19H,1-12H2. The fourth-order valence-electron chi connectivity index (χ4n) is 3.01. The van der Waals surface area contributed by atoms with Crippen LogP contribution >= 0.6 is 0 Å². The van der Waals surface area contributed by atoms with Crippen LogP contribution in [-0.4, -0.2) is 72.9 Å². The Labute approximate surface area is 117 Å². The first-order valence-corrected chi connectivity index (χ1v) is 8.15. The highest BCUT2D eigenvalue weighted by Gasteiger charge is 2.27. The van der Waals surface area contributed by atoms with Crippen molar-refractivity contribution in [2.75, 3.05) is 45.9 Å². The van der Waals surface area contributed by atoms with Crippen LogP contribution in [0.25, 0.3) is 0 Å². The van der Waals surface area contributed by atoms with Crippen molar-refractivity contribution in [3.8, 4) is 0 Å². The van der Waals surface area contributed by atoms with Gasteiger partial charge in [0.15, 0.2) is 0 Å². The molecule has 1 unspecified atom stereocenters. The molecule has 4 nitrogen and oxygen atoms in total. The monoisotopic (exact) mass is 267 g/mol. The Morgan fingerprint density at radius 2 is 1.68 bits per heavy atom. The van der Waals surface area contributed by atoms with Gasteiger partial charge in [-0.25, -0.2) is 0 Å². The van der Waals surface area contributed by atoms with Crippen LogP contribution in [0.5, 0.6) is 0 Å². The van der Waals surface area contributed by atoms with Crippen LogP contribution in [0.4, 0.5) is 0 Å². The van der Waals surface area contributed by atoms with E-state index in [-0.39, 0.29) is 6.61 Å². The second-order valence-corrected chi connectivity index (χ2v) is 6.69. The van der Waals surface area contributed by atoms with Gasteiger partial charge in [0.1, 0.15) is 0 Å². The molecule has 2 aliphatic carbocycles. The van der Waals surface area contributed by atoms with Crippen LogP contribution in [0.15, 0.2) is 0 Å². The van der Waals surface area contributed by atoms with Crippen molar-refractivity contribution in [3.05, 3.63) is 0 Å². The summed E-state index contributed by atoms with van der Waals surface area (Å²) in [4.78, 5) is 5.21. The van der Waals surface area contributed by atoms with Crippen molar-refractivity contribution < 1.29 is 5.11 Å². The Kier molecular flexibility index (Phi) is 4.74. The van der Waals surface area contributed by atoms with Crippen molar-refractivity contribution >= 4 is 0 Å². The van der Waals surface area contributed by atoms with E-state index in [1.807, 2.05) is 0 Å². The summed E-state index contributed by atoms with van der Waals surface area (Å²) >= 11 is 0. The molecule has 0 aromatic rings. The highest BCUT2D eigenvalue weighted by molar-refractivity contribution is 4.85. The van der Waals surface area contributed by atoms with Crippen LogP contribution < -0.4 is 5.32 Å². The largest absolute Gasteiger partial charge is 0.395 e. The molecule has 1 aliphatic heterocycles. The summed E-state index contributed by atoms with van der Waals surface area (Å²) < 4.78 is 0. The molecule has 1 saturated heterocycles. The third kappa shape index (κ3) is 4.71. The van der Waals surface area contributed by atoms with Crippen molar-refractivity contribution in [3.63, 3.8) is 0 Å². The van der Waals surface area contributed by atoms with Crippen LogP contribution in [0.2, 0.25) is 0 Å². The van der Waals surface area contributed by atoms with E-state index in [0.29, 0.717) is 12.1 Å². The van der Waals surface area contributed by atoms with Crippen molar-refractivity contribution in [2.24, 2.45) is 5.92 Å². The minimum Gasteiger partial charge on any atom is -0.395 e. The zero-order chi connectivity index (χ0) is 13.1. The van der Waals surface area contributed by atoms with Gasteiger partial charge in [0.05, 0.1) is 6.61 Å². The zero-order valence-corrected chi connectivity index (χ0v) is 12.1. The van der Waals surface area contributed by atoms with Gasteiger partial charge in [-0.05, 0) is 44.6 Å². The van der Waals surface area contributed by atoms with Gasteiger partial charge in [0.25, 0.3) is 0 Å². The Bertz CT molecular complexity index is 271. The SMILES string of the molecule is OCC(CCN1CCN(CC2CC2)CC1)NC1CC1. The van der Waals surface area contributed by atoms with Gasteiger partial charge in [-0.1, -0.05) is 0 Å². The van der Waals surface area contributed by atoms with Crippen molar-refractivity contribution in [1.82, 2.24) is 15.1 Å². The third-order valence-corrected chi connectivity index (χ3v) is 4.74. The lowest BCUT2D eigenvalue weighted by Gasteiger charge is -2.35. The molecule has 2 saturated carbocycles. The molecule has 3 aliphatic rings. The normalized spacial score (nSPS) is 27.6. The molecule has 0 amide bonds. The molecule has 110 valence electrons. The lowest BCUT2D eigenvalue weighted by atomic mass is 10.2. The quantitative estimate of drug-likeness (QED) is 0.672. The first-order chi connectivity index (χ1) is 9.33. The van der Waals surface area contributed by atoms with Gasteiger partial charge < -0.3 is 20.2 Å². The molecule has 0 bridgehead atoms. The van der Waals surface area contributed by atoms with Gasteiger partial charge in [0.2, 0.25) is 0 Å². The summed E-state index contributed by atoms with van der Waals surface area (Å²) in [6.07, 6.45) is 6.62. The summed E-state index contributed by atoms with van der Waals surface area (Å²) in [5, 5.41) is 12.9. The van der Waals surface area contributed by atoms with E-state index in [1.165, 1.54) is 58.4 Å². The maximum Gasteiger partial charge on any atom is 0.0585 e. The lowest BCUT2D eigenvalue weighted by Crippen LogP contribution is -2.48. The minimum atomic E-state index is 0.290. The average Bonchev–Trinajstić information content (AvgIpc) is 3.32. The van der Waals surface area contributed by atoms with Crippen LogP contribution in [0, 0.1) is 5.92 Å². The number of piperazine rings is 1. The summed E-state index contributed by atoms with van der Waals surface area (Å²) in [5.74, 6) is 1.02. The third-order valence-electron chi connectivity index (χ3n) is 4.74. The number of aliphatic hydroxyl groups is 1. The maximum atomic E-state index is 9.39. The fourth-order valence-corrected chi connectivity index (χ4v) is 3.01. The highest BCUT2D eigenvalue weighted by Crippen LogP contribution is 2.29. The van der Waals surface area contributed by atoms with E-state index in [4.69, 9.17) is 0 Å². The fraction of sp³-hybridized carbons (Fsp3) is 1.00. The van der Waals surface area contributed by atoms with Gasteiger partial charge in [0, 0.05) is 44.8 Å². The van der Waals surface area contributed by atoms with Crippen molar-refractivity contribution in [1.29, 1.82) is 0 Å². The number of nitrogens with zero attached hydrogens (tertiary/aromatic N) is 2. The van der Waals surface area contributed by atoms with Crippen molar-refractivity contribution in [2.45, 2.75) is 44.2 Å². The van der Waals surface area contributed by atoms with E-state index in [2.05, 4.69) is 15.1 Å². The molecule has 2 N–H and O–H groups in total. The average molecular weight is 267 g/mol. The first kappa shape index (κ1) is 13.8. The van der Waals surface area contributed by atoms with Crippen LogP contribution in [0.3, 0.4) is 0 Å². The van der Waals surface area contributed by atoms with Gasteiger partial charge >= 0.3 is 0 Å². The topological polar surface area (TPSA) is 38.7 Å². The highest BCUT2D eigenvalue weighted by atomic mass is 16.3. The van der Waals surface area contributed by atoms with Gasteiger partial charge in [-0.15, -0.1) is 0 Å². The summed E-state index contributed by atoms with van der Waals surface area (Å²) in [5.41, 5.74) is 0. The Morgan fingerprint density at radius 3 is 2.26 bits per heavy atom. The molecule has 0 aromatic carbocycles. The Balaban J connectivity index is 1.29. The summed E-state index contributed by atoms with van der Waals surface area (Å²) in [7, 11) is 0. The smallest absolute Gasteiger partial charge is 0.0585 e. The second kappa shape index (κ2) is 6.53. The van der Waals surface area contributed by atoms with E-state index in [0.717, 1.165) is 18.9 Å². The molecular weight excluding hydrogens is 238 g/mol. The molecule has 1 heterocycles. The molecule has 3 fully saturated rings. The molecule has 0 aromatic heterocycles. The summed E-state index contributed by atoms with van der Waals surface area (Å²) in [6, 6.07) is 1.02. The first-order valence-electron chi connectivity index (χ1n) is 8.15. The number of hydrogen-bond acceptors (Lipinski definition) is 4. The van der Waals surface area contributed by atoms with E-state index >= 15 is 0 Å². The number of hydrogen-bond donors (Lipinski definition) is 2. The van der Waals surface area contributed by atoms with E-state index < -0.39 is 0 Å². The van der Waals surface area contributed by atoms with Gasteiger partial charge in [-0.2, -0.15) is 0 Å². The minimum absolute atomic E-state index is 0.290. The van der Waals surface area contributed by atoms with Crippen LogP contribution in [0.1, 0.15) is 32.1 Å². The molecule has 4 heteroatoms. The molecule has 0 spiro atoms. The van der Waals surface area contributed by atoms with E-state index in [9.17, 15) is 5.11 Å². The lowest BCUT2D eigenvalue weighted by molar-refractivity contribution is 0.120. The molecule has 0 radical (unpaired) electrons. The number of rotatable bonds is 8. The number of aliphatic hydroxyl groups excluding tert-OH is 1. The maximum absolute atomic E-state index is 9.39. The molecular formula is C15H29N3O. The Morgan fingerprint density at radius 1 is 1.00 bits per heavy atom. The molecule has 1 atom stereocenters. The number of nitrogens with one attached hydrogen (secondary N) is 1. The zero-order valence-electron chi connectivity index (χ0n) is 12.1. The van der Waals surface area contributed by atoms with Gasteiger partial charge in [-0.3, -0.25) is 0 Å². The summed E-state index contributed by atoms with van der Waals surface area (Å²) in [6.45, 7) is 7.70. The predicted octanol–water partition coefficient (Wildman–Crippen LogP) is 0.517. The second-order valence-electron chi connectivity index (χ2n) is 6.69. The Hall–Kier alpha value is -0.160. The molecule has 3 rings (SSSR count). The predicted molar refractivity (Wildman–Crippen MR) is 77.3 cm³/mol. The molecule has 19 heavy (non-hydrogen) atoms. The van der Waals surface area contributed by atoms with E-state index in [1.54, 1.807) is 0 Å². The van der Waals surface area contributed by atoms with Crippen LogP contribution in [-0.2, 0) is 0 Å².